The van der Waals surface area contributed by atoms with Crippen molar-refractivity contribution in [1.82, 2.24) is 15.5 Å². The van der Waals surface area contributed by atoms with Crippen molar-refractivity contribution in [3.63, 3.8) is 0 Å². The van der Waals surface area contributed by atoms with Crippen molar-refractivity contribution < 1.29 is 14.1 Å². The van der Waals surface area contributed by atoms with Crippen LogP contribution in [0.1, 0.15) is 63.3 Å². The van der Waals surface area contributed by atoms with E-state index in [1.807, 2.05) is 6.92 Å². The highest BCUT2D eigenvalue weighted by Crippen LogP contribution is 2.39. The number of amides is 1. The number of hydrogen-bond acceptors (Lipinski definition) is 6. The normalized spacial score (nSPS) is 30.8. The van der Waals surface area contributed by atoms with Crippen LogP contribution in [0.15, 0.2) is 4.52 Å². The molecule has 0 aromatic carbocycles. The topological polar surface area (TPSA) is 103 Å². The van der Waals surface area contributed by atoms with Crippen LogP contribution in [0.2, 0.25) is 0 Å². The number of rotatable bonds is 6. The summed E-state index contributed by atoms with van der Waals surface area (Å²) in [4.78, 5) is 16.6. The lowest BCUT2D eigenvalue weighted by molar-refractivity contribution is -0.123. The van der Waals surface area contributed by atoms with E-state index in [1.165, 1.54) is 19.3 Å². The molecular formula is C17H28N4O3. The third-order valence-corrected chi connectivity index (χ3v) is 5.47. The summed E-state index contributed by atoms with van der Waals surface area (Å²) in [5.74, 6) is 2.13. The van der Waals surface area contributed by atoms with Crippen molar-refractivity contribution in [2.45, 2.75) is 70.1 Å². The van der Waals surface area contributed by atoms with E-state index in [0.29, 0.717) is 42.4 Å². The molecule has 1 heterocycles. The van der Waals surface area contributed by atoms with E-state index < -0.39 is 0 Å². The van der Waals surface area contributed by atoms with Gasteiger partial charge in [-0.3, -0.25) is 4.79 Å². The summed E-state index contributed by atoms with van der Waals surface area (Å²) in [6, 6.07) is 0.589. The number of nitrogens with one attached hydrogen (secondary N) is 1. The molecule has 0 aliphatic heterocycles. The van der Waals surface area contributed by atoms with Gasteiger partial charge in [-0.15, -0.1) is 0 Å². The fourth-order valence-corrected chi connectivity index (χ4v) is 4.14. The Labute approximate surface area is 142 Å². The molecule has 7 nitrogen and oxygen atoms in total. The van der Waals surface area contributed by atoms with Crippen molar-refractivity contribution in [2.24, 2.45) is 17.6 Å². The molecule has 1 aromatic heterocycles. The van der Waals surface area contributed by atoms with Crippen molar-refractivity contribution in [3.8, 4) is 0 Å². The first-order valence-electron chi connectivity index (χ1n) is 8.97. The van der Waals surface area contributed by atoms with Gasteiger partial charge in [-0.25, -0.2) is 0 Å². The fraction of sp³-hybridized carbons (Fsp3) is 0.824. The number of aryl methyl sites for hydroxylation is 1. The summed E-state index contributed by atoms with van der Waals surface area (Å²) in [6.45, 7) is 1.86. The van der Waals surface area contributed by atoms with Gasteiger partial charge in [-0.2, -0.15) is 4.98 Å². The monoisotopic (exact) mass is 336 g/mol. The Morgan fingerprint density at radius 3 is 2.79 bits per heavy atom. The first kappa shape index (κ1) is 17.4. The van der Waals surface area contributed by atoms with Gasteiger partial charge in [-0.05, 0) is 44.4 Å². The van der Waals surface area contributed by atoms with Crippen LogP contribution in [0.3, 0.4) is 0 Å². The van der Waals surface area contributed by atoms with Gasteiger partial charge >= 0.3 is 0 Å². The molecule has 1 aromatic rings. The maximum atomic E-state index is 12.3. The molecule has 3 unspecified atom stereocenters. The van der Waals surface area contributed by atoms with E-state index in [1.54, 1.807) is 7.11 Å². The molecule has 2 aliphatic rings. The number of fused-ring (bicyclic) bond motifs is 2. The minimum absolute atomic E-state index is 0.0620. The molecule has 3 rings (SSSR count). The second-order valence-corrected chi connectivity index (χ2v) is 7.20. The van der Waals surface area contributed by atoms with Crippen LogP contribution < -0.4 is 11.1 Å². The minimum Gasteiger partial charge on any atom is -0.374 e. The lowest BCUT2D eigenvalue weighted by Crippen LogP contribution is -2.53. The smallest absolute Gasteiger partial charge is 0.227 e. The number of carbonyl (C=O) groups excluding carboxylic acids is 1. The first-order valence-corrected chi connectivity index (χ1v) is 8.97. The van der Waals surface area contributed by atoms with E-state index in [0.717, 1.165) is 12.8 Å². The molecule has 3 atom stereocenters. The number of nitrogens with two attached hydrogens (primary N) is 1. The molecule has 0 radical (unpaired) electrons. The molecule has 2 aliphatic carbocycles. The highest BCUT2D eigenvalue weighted by atomic mass is 16.5. The first-order chi connectivity index (χ1) is 11.6. The number of carbonyl (C=O) groups is 1. The molecule has 24 heavy (non-hydrogen) atoms. The fourth-order valence-electron chi connectivity index (χ4n) is 4.14. The summed E-state index contributed by atoms with van der Waals surface area (Å²) >= 11 is 0. The number of aromatic nitrogens is 2. The van der Waals surface area contributed by atoms with E-state index in [4.69, 9.17) is 15.0 Å². The van der Waals surface area contributed by atoms with Crippen LogP contribution in [0.25, 0.3) is 0 Å². The van der Waals surface area contributed by atoms with Gasteiger partial charge in [0.1, 0.15) is 6.10 Å². The number of hydrogen-bond donors (Lipinski definition) is 2. The van der Waals surface area contributed by atoms with Gasteiger partial charge in [0.25, 0.3) is 0 Å². The predicted octanol–water partition coefficient (Wildman–Crippen LogP) is 1.73. The Bertz CT molecular complexity index is 548. The van der Waals surface area contributed by atoms with Gasteiger partial charge in [0.2, 0.25) is 11.8 Å². The molecule has 134 valence electrons. The van der Waals surface area contributed by atoms with Gasteiger partial charge < -0.3 is 20.3 Å². The molecule has 7 heteroatoms. The average molecular weight is 336 g/mol. The molecule has 0 spiro atoms. The zero-order valence-electron chi connectivity index (χ0n) is 14.5. The predicted molar refractivity (Wildman–Crippen MR) is 88.0 cm³/mol. The van der Waals surface area contributed by atoms with Crippen molar-refractivity contribution >= 4 is 5.91 Å². The molecule has 0 saturated heterocycles. The second kappa shape index (κ2) is 7.61. The van der Waals surface area contributed by atoms with Gasteiger partial charge in [-0.1, -0.05) is 11.6 Å². The maximum Gasteiger partial charge on any atom is 0.227 e. The van der Waals surface area contributed by atoms with Crippen molar-refractivity contribution in [1.29, 1.82) is 0 Å². The van der Waals surface area contributed by atoms with Crippen molar-refractivity contribution in [3.05, 3.63) is 11.7 Å². The van der Waals surface area contributed by atoms with Crippen molar-refractivity contribution in [2.75, 3.05) is 7.11 Å². The molecule has 2 saturated carbocycles. The third kappa shape index (κ3) is 3.95. The Hall–Kier alpha value is -1.47. The lowest BCUT2D eigenvalue weighted by Gasteiger charge is -2.45. The zero-order chi connectivity index (χ0) is 17.1. The largest absolute Gasteiger partial charge is 0.374 e. The minimum atomic E-state index is -0.206. The molecule has 1 amide bonds. The van der Waals surface area contributed by atoms with E-state index in [-0.39, 0.29) is 18.1 Å². The Balaban J connectivity index is 1.50. The SMILES string of the molecule is COC(C)c1noc(CCC(=O)NC2C3CCCC2CC(N)C3)n1. The summed E-state index contributed by atoms with van der Waals surface area (Å²) < 4.78 is 10.3. The molecule has 2 bridgehead atoms. The Kier molecular flexibility index (Phi) is 5.50. The van der Waals surface area contributed by atoms with Crippen LogP contribution in [0, 0.1) is 11.8 Å². The highest BCUT2D eigenvalue weighted by molar-refractivity contribution is 5.76. The molecule has 2 fully saturated rings. The maximum absolute atomic E-state index is 12.3. The summed E-state index contributed by atoms with van der Waals surface area (Å²) in [7, 11) is 1.60. The van der Waals surface area contributed by atoms with Gasteiger partial charge in [0, 0.05) is 32.0 Å². The third-order valence-electron chi connectivity index (χ3n) is 5.47. The zero-order valence-corrected chi connectivity index (χ0v) is 14.5. The summed E-state index contributed by atoms with van der Waals surface area (Å²) in [5.41, 5.74) is 6.14. The quantitative estimate of drug-likeness (QED) is 0.820. The van der Waals surface area contributed by atoms with Crippen LogP contribution in [0.5, 0.6) is 0 Å². The average Bonchev–Trinajstić information content (AvgIpc) is 3.02. The second-order valence-electron chi connectivity index (χ2n) is 7.20. The van der Waals surface area contributed by atoms with Crippen LogP contribution >= 0.6 is 0 Å². The van der Waals surface area contributed by atoms with Crippen LogP contribution in [-0.4, -0.2) is 35.2 Å². The Morgan fingerprint density at radius 2 is 2.12 bits per heavy atom. The van der Waals surface area contributed by atoms with E-state index in [2.05, 4.69) is 15.5 Å². The number of nitrogens with zero attached hydrogens (tertiary/aromatic N) is 2. The molecular weight excluding hydrogens is 308 g/mol. The number of ether oxygens (including phenoxy) is 1. The highest BCUT2D eigenvalue weighted by Gasteiger charge is 2.39. The Morgan fingerprint density at radius 1 is 1.42 bits per heavy atom. The van der Waals surface area contributed by atoms with Crippen LogP contribution in [-0.2, 0) is 16.0 Å². The van der Waals surface area contributed by atoms with Gasteiger partial charge in [0.15, 0.2) is 5.82 Å². The standard InChI is InChI=1S/C17H28N4O3/c1-10(23-2)17-20-15(24-21-17)7-6-14(22)19-16-11-4-3-5-12(16)9-13(18)8-11/h10-13,16H,3-9,18H2,1-2H3,(H,19,22). The summed E-state index contributed by atoms with van der Waals surface area (Å²) in [6.07, 6.45) is 6.29. The van der Waals surface area contributed by atoms with E-state index >= 15 is 0 Å². The lowest BCUT2D eigenvalue weighted by atomic mass is 9.67. The summed E-state index contributed by atoms with van der Waals surface area (Å²) in [5, 5.41) is 7.12. The van der Waals surface area contributed by atoms with Crippen LogP contribution in [0.4, 0.5) is 0 Å². The van der Waals surface area contributed by atoms with E-state index in [9.17, 15) is 4.79 Å². The molecule has 3 N–H and O–H groups in total. The number of methoxy groups -OCH3 is 1. The van der Waals surface area contributed by atoms with Gasteiger partial charge in [0.05, 0.1) is 0 Å².